The van der Waals surface area contributed by atoms with Gasteiger partial charge in [0.1, 0.15) is 35.7 Å². The quantitative estimate of drug-likeness (QED) is 0.194. The van der Waals surface area contributed by atoms with Crippen molar-refractivity contribution in [3.63, 3.8) is 0 Å². The minimum Gasteiger partial charge on any atom is -0.508 e. The maximum Gasteiger partial charge on any atom is 0.306 e. The van der Waals surface area contributed by atoms with Gasteiger partial charge in [0.2, 0.25) is 0 Å². The molecule has 3 aromatic rings. The molecule has 8 heteroatoms. The van der Waals surface area contributed by atoms with Crippen molar-refractivity contribution < 1.29 is 34.0 Å². The van der Waals surface area contributed by atoms with Crippen molar-refractivity contribution in [3.05, 3.63) is 83.4 Å². The van der Waals surface area contributed by atoms with Crippen LogP contribution in [0.15, 0.2) is 66.7 Å². The highest BCUT2D eigenvalue weighted by Crippen LogP contribution is 2.47. The minimum atomic E-state index is -0.635. The van der Waals surface area contributed by atoms with Crippen LogP contribution in [0.1, 0.15) is 69.2 Å². The number of carboxylic acids is 1. The standard InChI is InChI=1S/C28H28FNO4.C8H16O2/c1-18-25-14-23(32)7-10-26(25)34-28(27(18)21-3-2-4-22(31)13-21)20-5-8-24(9-6-20)33-12-11-30-16-19(15-29)17-30;1-3-5-7(6-4-2)8(9)10/h2-10,13-14,19,28,31-32H,11-12,15-17H2,1H3;7H,3-6H2,1-2H3,(H,9,10)/t28-;/m1./s1. The van der Waals surface area contributed by atoms with Gasteiger partial charge in [0.25, 0.3) is 0 Å². The molecule has 0 unspecified atom stereocenters. The number of aromatic hydroxyl groups is 2. The second-order valence-corrected chi connectivity index (χ2v) is 11.6. The average molecular weight is 606 g/mol. The number of fused-ring (bicyclic) bond motifs is 1. The number of phenolic OH excluding ortho intramolecular Hbond substituents is 2. The monoisotopic (exact) mass is 605 g/mol. The van der Waals surface area contributed by atoms with E-state index in [0.29, 0.717) is 12.4 Å². The summed E-state index contributed by atoms with van der Waals surface area (Å²) >= 11 is 0. The molecular weight excluding hydrogens is 561 g/mol. The molecule has 0 saturated carbocycles. The summed E-state index contributed by atoms with van der Waals surface area (Å²) in [6, 6.07) is 20.1. The van der Waals surface area contributed by atoms with Crippen LogP contribution < -0.4 is 9.47 Å². The molecule has 236 valence electrons. The molecule has 3 aromatic carbocycles. The lowest BCUT2D eigenvalue weighted by molar-refractivity contribution is -0.142. The van der Waals surface area contributed by atoms with Gasteiger partial charge in [-0.2, -0.15) is 0 Å². The van der Waals surface area contributed by atoms with Gasteiger partial charge in [0, 0.05) is 36.7 Å². The molecular formula is C36H44FNO6. The van der Waals surface area contributed by atoms with Gasteiger partial charge < -0.3 is 24.8 Å². The minimum absolute atomic E-state index is 0.102. The highest BCUT2D eigenvalue weighted by Gasteiger charge is 2.30. The Labute approximate surface area is 259 Å². The van der Waals surface area contributed by atoms with Crippen molar-refractivity contribution in [2.75, 3.05) is 32.9 Å². The summed E-state index contributed by atoms with van der Waals surface area (Å²) < 4.78 is 24.9. The molecule has 2 heterocycles. The summed E-state index contributed by atoms with van der Waals surface area (Å²) in [5.74, 6) is 1.27. The van der Waals surface area contributed by atoms with Crippen LogP contribution in [0.5, 0.6) is 23.0 Å². The Kier molecular flexibility index (Phi) is 11.7. The molecule has 0 bridgehead atoms. The fraction of sp³-hybridized carbons (Fsp3) is 0.417. The van der Waals surface area contributed by atoms with Gasteiger partial charge in [-0.15, -0.1) is 0 Å². The van der Waals surface area contributed by atoms with Crippen molar-refractivity contribution in [1.29, 1.82) is 0 Å². The summed E-state index contributed by atoms with van der Waals surface area (Å²) in [5, 5.41) is 28.7. The normalized spacial score (nSPS) is 16.4. The Bertz CT molecular complexity index is 1410. The maximum absolute atomic E-state index is 12.6. The van der Waals surface area contributed by atoms with E-state index in [2.05, 4.69) is 4.90 Å². The first-order chi connectivity index (χ1) is 21.2. The van der Waals surface area contributed by atoms with E-state index in [4.69, 9.17) is 14.6 Å². The number of carboxylic acid groups (broad SMARTS) is 1. The number of benzene rings is 3. The predicted octanol–water partition coefficient (Wildman–Crippen LogP) is 7.73. The number of likely N-dealkylation sites (tertiary alicyclic amines) is 1. The first kappa shape index (κ1) is 32.9. The average Bonchev–Trinajstić information content (AvgIpc) is 2.99. The van der Waals surface area contributed by atoms with Crippen LogP contribution in [0.4, 0.5) is 4.39 Å². The summed E-state index contributed by atoms with van der Waals surface area (Å²) in [4.78, 5) is 12.7. The van der Waals surface area contributed by atoms with Gasteiger partial charge in [-0.05, 0) is 78.9 Å². The lowest BCUT2D eigenvalue weighted by atomic mass is 9.86. The van der Waals surface area contributed by atoms with Crippen molar-refractivity contribution >= 4 is 17.1 Å². The van der Waals surface area contributed by atoms with Crippen molar-refractivity contribution in [2.45, 2.75) is 52.6 Å². The number of ether oxygens (including phenoxy) is 2. The van der Waals surface area contributed by atoms with Crippen LogP contribution in [0, 0.1) is 11.8 Å². The number of nitrogens with zero attached hydrogens (tertiary/aromatic N) is 1. The lowest BCUT2D eigenvalue weighted by Crippen LogP contribution is -2.49. The third-order valence-corrected chi connectivity index (χ3v) is 8.17. The Morgan fingerprint density at radius 2 is 1.68 bits per heavy atom. The second-order valence-electron chi connectivity index (χ2n) is 11.6. The van der Waals surface area contributed by atoms with Gasteiger partial charge in [0.15, 0.2) is 0 Å². The van der Waals surface area contributed by atoms with E-state index in [9.17, 15) is 19.4 Å². The van der Waals surface area contributed by atoms with Crippen LogP contribution in [-0.4, -0.2) is 59.1 Å². The van der Waals surface area contributed by atoms with E-state index in [1.165, 1.54) is 0 Å². The van der Waals surface area contributed by atoms with E-state index >= 15 is 0 Å². The Balaban J connectivity index is 0.000000382. The number of halogens is 1. The molecule has 1 fully saturated rings. The molecule has 44 heavy (non-hydrogen) atoms. The first-order valence-corrected chi connectivity index (χ1v) is 15.5. The number of rotatable bonds is 12. The maximum atomic E-state index is 12.6. The van der Waals surface area contributed by atoms with E-state index in [-0.39, 0.29) is 36.1 Å². The molecule has 0 amide bonds. The molecule has 1 saturated heterocycles. The zero-order valence-electron chi connectivity index (χ0n) is 25.8. The smallest absolute Gasteiger partial charge is 0.306 e. The molecule has 3 N–H and O–H groups in total. The molecule has 0 spiro atoms. The topological polar surface area (TPSA) is 99.5 Å². The largest absolute Gasteiger partial charge is 0.508 e. The van der Waals surface area contributed by atoms with Crippen molar-refractivity contribution in [3.8, 4) is 23.0 Å². The Morgan fingerprint density at radius 1 is 1.00 bits per heavy atom. The first-order valence-electron chi connectivity index (χ1n) is 15.5. The molecule has 0 aliphatic carbocycles. The Morgan fingerprint density at radius 3 is 2.30 bits per heavy atom. The third kappa shape index (κ3) is 8.32. The summed E-state index contributed by atoms with van der Waals surface area (Å²) in [6.07, 6.45) is 3.20. The van der Waals surface area contributed by atoms with Gasteiger partial charge >= 0.3 is 5.97 Å². The number of hydrogen-bond donors (Lipinski definition) is 3. The summed E-state index contributed by atoms with van der Waals surface area (Å²) in [7, 11) is 0. The summed E-state index contributed by atoms with van der Waals surface area (Å²) in [6.45, 7) is 8.76. The number of aliphatic carboxylic acids is 1. The molecule has 0 radical (unpaired) electrons. The zero-order valence-corrected chi connectivity index (χ0v) is 25.8. The van der Waals surface area contributed by atoms with Crippen LogP contribution in [0.3, 0.4) is 0 Å². The van der Waals surface area contributed by atoms with Gasteiger partial charge in [0.05, 0.1) is 12.6 Å². The molecule has 2 aliphatic heterocycles. The SMILES string of the molecule is CC1=C(c2cccc(O)c2)[C@@H](c2ccc(OCCN3CC(CF)C3)cc2)Oc2ccc(O)cc21.CCCC(CCC)C(=O)O. The van der Waals surface area contributed by atoms with Gasteiger partial charge in [-0.1, -0.05) is 51.0 Å². The Hall–Kier alpha value is -4.04. The number of carbonyl (C=O) groups is 1. The highest BCUT2D eigenvalue weighted by molar-refractivity contribution is 5.95. The van der Waals surface area contributed by atoms with E-state index < -0.39 is 5.97 Å². The molecule has 5 rings (SSSR count). The summed E-state index contributed by atoms with van der Waals surface area (Å²) in [5.41, 5.74) is 4.56. The fourth-order valence-corrected chi connectivity index (χ4v) is 5.79. The van der Waals surface area contributed by atoms with Crippen molar-refractivity contribution in [1.82, 2.24) is 4.90 Å². The number of allylic oxidation sites excluding steroid dienone is 1. The van der Waals surface area contributed by atoms with Crippen LogP contribution in [0.25, 0.3) is 11.1 Å². The number of alkyl halides is 1. The number of hydrogen-bond acceptors (Lipinski definition) is 6. The van der Waals surface area contributed by atoms with Crippen molar-refractivity contribution in [2.24, 2.45) is 11.8 Å². The predicted molar refractivity (Wildman–Crippen MR) is 171 cm³/mol. The molecule has 2 aliphatic rings. The molecule has 7 nitrogen and oxygen atoms in total. The molecule has 1 atom stereocenters. The highest BCUT2D eigenvalue weighted by atomic mass is 19.1. The lowest BCUT2D eigenvalue weighted by Gasteiger charge is -2.37. The van der Waals surface area contributed by atoms with Crippen LogP contribution >= 0.6 is 0 Å². The van der Waals surface area contributed by atoms with Gasteiger partial charge in [-0.3, -0.25) is 14.1 Å². The second kappa shape index (κ2) is 15.6. The van der Waals surface area contributed by atoms with E-state index in [0.717, 1.165) is 78.9 Å². The van der Waals surface area contributed by atoms with Gasteiger partial charge in [-0.25, -0.2) is 0 Å². The number of phenols is 2. The fourth-order valence-electron chi connectivity index (χ4n) is 5.79. The zero-order chi connectivity index (χ0) is 31.6. The van der Waals surface area contributed by atoms with E-state index in [1.54, 1.807) is 30.3 Å². The molecule has 0 aromatic heterocycles. The van der Waals surface area contributed by atoms with E-state index in [1.807, 2.05) is 57.2 Å². The third-order valence-electron chi connectivity index (χ3n) is 8.17. The van der Waals surface area contributed by atoms with Crippen LogP contribution in [0.2, 0.25) is 0 Å². The van der Waals surface area contributed by atoms with Crippen LogP contribution in [-0.2, 0) is 4.79 Å².